The Bertz CT molecular complexity index is 844. The first-order valence-corrected chi connectivity index (χ1v) is 7.35. The third kappa shape index (κ3) is 5.29. The third-order valence-electron chi connectivity index (χ3n) is 3.24. The summed E-state index contributed by atoms with van der Waals surface area (Å²) in [6, 6.07) is 11.6. The second kappa shape index (κ2) is 8.42. The molecule has 7 nitrogen and oxygen atoms in total. The molecule has 0 saturated heterocycles. The van der Waals surface area contributed by atoms with Crippen LogP contribution in [0.2, 0.25) is 0 Å². The topological polar surface area (TPSA) is 111 Å². The Hall–Kier alpha value is -3.45. The van der Waals surface area contributed by atoms with Crippen molar-refractivity contribution in [3.05, 3.63) is 70.8 Å². The zero-order valence-electron chi connectivity index (χ0n) is 13.4. The average Bonchev–Trinajstić information content (AvgIpc) is 2.62. The maximum Gasteiger partial charge on any atom is 0.271 e. The minimum Gasteiger partial charge on any atom is -0.507 e. The molecule has 0 heterocycles. The Balaban J connectivity index is 2.06. The third-order valence-corrected chi connectivity index (χ3v) is 3.24. The van der Waals surface area contributed by atoms with Gasteiger partial charge in [0, 0.05) is 17.2 Å². The number of aromatic hydroxyl groups is 1. The Kier molecular flexibility index (Phi) is 6.02. The summed E-state index contributed by atoms with van der Waals surface area (Å²) in [6.45, 7) is 1.88. The SMILES string of the molecule is Cc1ccc(O)c(C=NNC(=O)c2cccc(C=CC(=O)NO)c2)c1. The molecule has 2 aromatic rings. The Morgan fingerprint density at radius 3 is 2.72 bits per heavy atom. The summed E-state index contributed by atoms with van der Waals surface area (Å²) in [5.74, 6) is -1.04. The first kappa shape index (κ1) is 17.9. The molecule has 0 spiro atoms. The first-order valence-electron chi connectivity index (χ1n) is 7.35. The second-order valence-corrected chi connectivity index (χ2v) is 5.20. The fourth-order valence-corrected chi connectivity index (χ4v) is 2.00. The number of phenols is 1. The molecule has 0 aliphatic heterocycles. The number of hydrazone groups is 1. The number of aryl methyl sites for hydroxylation is 1. The van der Waals surface area contributed by atoms with Crippen molar-refractivity contribution < 1.29 is 19.9 Å². The number of nitrogens with one attached hydrogen (secondary N) is 2. The van der Waals surface area contributed by atoms with Crippen LogP contribution in [0.1, 0.15) is 27.0 Å². The van der Waals surface area contributed by atoms with Crippen LogP contribution >= 0.6 is 0 Å². The molecule has 0 saturated carbocycles. The highest BCUT2D eigenvalue weighted by atomic mass is 16.5. The number of phenolic OH excluding ortho intramolecular Hbond substituents is 1. The van der Waals surface area contributed by atoms with E-state index in [2.05, 4.69) is 10.5 Å². The second-order valence-electron chi connectivity index (χ2n) is 5.20. The normalized spacial score (nSPS) is 11.0. The Labute approximate surface area is 144 Å². The molecule has 7 heteroatoms. The van der Waals surface area contributed by atoms with Gasteiger partial charge in [0.25, 0.3) is 11.8 Å². The molecule has 2 rings (SSSR count). The lowest BCUT2D eigenvalue weighted by molar-refractivity contribution is -0.124. The highest BCUT2D eigenvalue weighted by Crippen LogP contribution is 2.15. The molecule has 0 fully saturated rings. The van der Waals surface area contributed by atoms with Crippen molar-refractivity contribution in [3.8, 4) is 5.75 Å². The van der Waals surface area contributed by atoms with Crippen LogP contribution in [0.15, 0.2) is 53.6 Å². The van der Waals surface area contributed by atoms with Crippen LogP contribution in [0.25, 0.3) is 6.08 Å². The molecular weight excluding hydrogens is 322 g/mol. The van der Waals surface area contributed by atoms with Crippen molar-refractivity contribution in [2.75, 3.05) is 0 Å². The molecular formula is C18H17N3O4. The summed E-state index contributed by atoms with van der Waals surface area (Å²) in [4.78, 5) is 23.1. The molecule has 0 bridgehead atoms. The largest absolute Gasteiger partial charge is 0.507 e. The van der Waals surface area contributed by atoms with E-state index in [0.29, 0.717) is 16.7 Å². The van der Waals surface area contributed by atoms with E-state index in [-0.39, 0.29) is 5.75 Å². The van der Waals surface area contributed by atoms with E-state index in [1.807, 2.05) is 6.92 Å². The van der Waals surface area contributed by atoms with Gasteiger partial charge in [-0.3, -0.25) is 14.8 Å². The van der Waals surface area contributed by atoms with E-state index >= 15 is 0 Å². The standard InChI is InChI=1S/C18H17N3O4/c1-12-5-7-16(22)15(9-12)11-19-20-18(24)14-4-2-3-13(10-14)6-8-17(23)21-25/h2-11,22,25H,1H3,(H,20,24)(H,21,23). The molecule has 0 aliphatic rings. The molecule has 25 heavy (non-hydrogen) atoms. The lowest BCUT2D eigenvalue weighted by Crippen LogP contribution is -2.17. The number of amides is 2. The fourth-order valence-electron chi connectivity index (χ4n) is 2.00. The zero-order valence-corrected chi connectivity index (χ0v) is 13.4. The van der Waals surface area contributed by atoms with E-state index in [4.69, 9.17) is 5.21 Å². The zero-order chi connectivity index (χ0) is 18.2. The van der Waals surface area contributed by atoms with Gasteiger partial charge < -0.3 is 5.11 Å². The maximum absolute atomic E-state index is 12.1. The number of carbonyl (C=O) groups is 2. The van der Waals surface area contributed by atoms with Gasteiger partial charge in [0.05, 0.1) is 6.21 Å². The van der Waals surface area contributed by atoms with Gasteiger partial charge >= 0.3 is 0 Å². The lowest BCUT2D eigenvalue weighted by atomic mass is 10.1. The average molecular weight is 339 g/mol. The summed E-state index contributed by atoms with van der Waals surface area (Å²) in [7, 11) is 0. The fraction of sp³-hybridized carbons (Fsp3) is 0.0556. The van der Waals surface area contributed by atoms with E-state index in [1.54, 1.807) is 42.5 Å². The van der Waals surface area contributed by atoms with Gasteiger partial charge in [0.1, 0.15) is 5.75 Å². The number of benzene rings is 2. The van der Waals surface area contributed by atoms with Gasteiger partial charge in [0.15, 0.2) is 0 Å². The predicted octanol–water partition coefficient (Wildman–Crippen LogP) is 1.98. The van der Waals surface area contributed by atoms with Gasteiger partial charge in [-0.05, 0) is 42.8 Å². The summed E-state index contributed by atoms with van der Waals surface area (Å²) in [6.07, 6.45) is 3.95. The Morgan fingerprint density at radius 2 is 1.96 bits per heavy atom. The van der Waals surface area contributed by atoms with E-state index in [1.165, 1.54) is 17.8 Å². The van der Waals surface area contributed by atoms with Gasteiger partial charge in [0.2, 0.25) is 0 Å². The van der Waals surface area contributed by atoms with Crippen LogP contribution < -0.4 is 10.9 Å². The molecule has 0 atom stereocenters. The monoisotopic (exact) mass is 339 g/mol. The number of hydrogen-bond acceptors (Lipinski definition) is 5. The minimum atomic E-state index is -0.669. The number of nitrogens with zero attached hydrogens (tertiary/aromatic N) is 1. The van der Waals surface area contributed by atoms with Crippen LogP contribution in [0, 0.1) is 6.92 Å². The quantitative estimate of drug-likeness (QED) is 0.289. The lowest BCUT2D eigenvalue weighted by Gasteiger charge is -2.02. The predicted molar refractivity (Wildman–Crippen MR) is 93.3 cm³/mol. The van der Waals surface area contributed by atoms with Gasteiger partial charge in [-0.1, -0.05) is 23.8 Å². The van der Waals surface area contributed by atoms with E-state index in [9.17, 15) is 14.7 Å². The van der Waals surface area contributed by atoms with Gasteiger partial charge in [-0.2, -0.15) is 5.10 Å². The van der Waals surface area contributed by atoms with Crippen molar-refractivity contribution in [3.63, 3.8) is 0 Å². The molecule has 0 radical (unpaired) electrons. The molecule has 0 unspecified atom stereocenters. The van der Waals surface area contributed by atoms with Crippen LogP contribution in [0.3, 0.4) is 0 Å². The van der Waals surface area contributed by atoms with Crippen LogP contribution in [0.5, 0.6) is 5.75 Å². The maximum atomic E-state index is 12.1. The molecule has 0 aliphatic carbocycles. The summed E-state index contributed by atoms with van der Waals surface area (Å²) >= 11 is 0. The van der Waals surface area contributed by atoms with Crippen molar-refractivity contribution >= 4 is 24.1 Å². The first-order chi connectivity index (χ1) is 12.0. The highest BCUT2D eigenvalue weighted by Gasteiger charge is 2.05. The van der Waals surface area contributed by atoms with Crippen LogP contribution in [0.4, 0.5) is 0 Å². The van der Waals surface area contributed by atoms with E-state index < -0.39 is 11.8 Å². The number of carbonyl (C=O) groups excluding carboxylic acids is 2. The van der Waals surface area contributed by atoms with Crippen molar-refractivity contribution in [2.24, 2.45) is 5.10 Å². The van der Waals surface area contributed by atoms with Crippen molar-refractivity contribution in [1.29, 1.82) is 0 Å². The summed E-state index contributed by atoms with van der Waals surface area (Å²) < 4.78 is 0. The number of rotatable bonds is 5. The van der Waals surface area contributed by atoms with Crippen LogP contribution in [-0.4, -0.2) is 28.3 Å². The molecule has 2 aromatic carbocycles. The van der Waals surface area contributed by atoms with Gasteiger partial charge in [-0.15, -0.1) is 0 Å². The van der Waals surface area contributed by atoms with Crippen LogP contribution in [-0.2, 0) is 4.79 Å². The van der Waals surface area contributed by atoms with Crippen molar-refractivity contribution in [2.45, 2.75) is 6.92 Å². The number of hydrogen-bond donors (Lipinski definition) is 4. The summed E-state index contributed by atoms with van der Waals surface area (Å²) in [5, 5.41) is 22.0. The Morgan fingerprint density at radius 1 is 1.16 bits per heavy atom. The molecule has 2 amide bonds. The molecule has 128 valence electrons. The summed E-state index contributed by atoms with van der Waals surface area (Å²) in [5.41, 5.74) is 6.25. The molecule has 0 aromatic heterocycles. The number of hydroxylamine groups is 1. The van der Waals surface area contributed by atoms with Crippen molar-refractivity contribution in [1.82, 2.24) is 10.9 Å². The minimum absolute atomic E-state index is 0.0675. The molecule has 4 N–H and O–H groups in total. The smallest absolute Gasteiger partial charge is 0.271 e. The van der Waals surface area contributed by atoms with E-state index in [0.717, 1.165) is 11.6 Å². The highest BCUT2D eigenvalue weighted by molar-refractivity contribution is 5.96. The van der Waals surface area contributed by atoms with Gasteiger partial charge in [-0.25, -0.2) is 10.9 Å².